The van der Waals surface area contributed by atoms with E-state index in [4.69, 9.17) is 4.74 Å². The molecule has 8 aliphatic carbocycles. The van der Waals surface area contributed by atoms with Crippen molar-refractivity contribution in [2.75, 3.05) is 0 Å². The summed E-state index contributed by atoms with van der Waals surface area (Å²) in [5.74, 6) is 9.83. The maximum absolute atomic E-state index is 12.8. The van der Waals surface area contributed by atoms with Crippen LogP contribution in [0.4, 0.5) is 0 Å². The number of aliphatic hydroxyl groups excluding tert-OH is 1. The summed E-state index contributed by atoms with van der Waals surface area (Å²) >= 11 is 0. The van der Waals surface area contributed by atoms with Gasteiger partial charge in [0.05, 0.1) is 22.9 Å². The van der Waals surface area contributed by atoms with Gasteiger partial charge in [0.2, 0.25) is 0 Å². The number of hydrogen-bond acceptors (Lipinski definition) is 5. The van der Waals surface area contributed by atoms with E-state index >= 15 is 0 Å². The summed E-state index contributed by atoms with van der Waals surface area (Å²) in [7, 11) is 0. The predicted molar refractivity (Wildman–Crippen MR) is 312 cm³/mol. The first-order valence-electron chi connectivity index (χ1n) is 30.9. The van der Waals surface area contributed by atoms with Crippen LogP contribution in [0.1, 0.15) is 276 Å². The SMILES string of the molecule is C.C.C[C@H](CCC[C@H](O)C(C)(C)C)[C@H]1CC[C@H]2[C@@H]3CC[C@H]4C[C@@](C)(O)CC[C@]4(C)[C@H]3CC[C@]12C.C[C@H](CCC[C@H](OC(=O)c1ccccc1)C(C)(C)C)[C@H]1CC[C@H]2[C@@H]3CC[C@H]4C[C@@](C)(O)CC[C@]4(C)[C@H]3CC[C@]12C. The van der Waals surface area contributed by atoms with Gasteiger partial charge in [0, 0.05) is 0 Å². The van der Waals surface area contributed by atoms with Crippen LogP contribution in [0.3, 0.4) is 0 Å². The summed E-state index contributed by atoms with van der Waals surface area (Å²) in [6.45, 7) is 32.8. The number of aliphatic hydroxyl groups is 3. The van der Waals surface area contributed by atoms with E-state index in [-0.39, 0.29) is 43.9 Å². The molecule has 0 spiro atoms. The van der Waals surface area contributed by atoms with E-state index in [1.807, 2.05) is 30.3 Å². The van der Waals surface area contributed by atoms with Crippen molar-refractivity contribution in [1.29, 1.82) is 0 Å². The summed E-state index contributed by atoms with van der Waals surface area (Å²) in [6, 6.07) is 9.44. The Bertz CT molecular complexity index is 1960. The van der Waals surface area contributed by atoms with E-state index in [2.05, 4.69) is 96.9 Å². The van der Waals surface area contributed by atoms with Crippen molar-refractivity contribution >= 4 is 5.97 Å². The van der Waals surface area contributed by atoms with Crippen molar-refractivity contribution in [3.63, 3.8) is 0 Å². The van der Waals surface area contributed by atoms with E-state index < -0.39 is 11.2 Å². The number of benzene rings is 1. The van der Waals surface area contributed by atoms with Gasteiger partial charge in [0.1, 0.15) is 6.10 Å². The zero-order valence-corrected chi connectivity index (χ0v) is 49.1. The minimum atomic E-state index is -0.444. The Hall–Kier alpha value is -1.43. The molecular formula is C69H120O5. The topological polar surface area (TPSA) is 87.0 Å². The van der Waals surface area contributed by atoms with Crippen LogP contribution in [0.15, 0.2) is 30.3 Å². The van der Waals surface area contributed by atoms with E-state index in [0.29, 0.717) is 39.1 Å². The normalized spacial score (nSPS) is 43.0. The minimum absolute atomic E-state index is 0. The van der Waals surface area contributed by atoms with Crippen molar-refractivity contribution in [2.24, 2.45) is 104 Å². The smallest absolute Gasteiger partial charge is 0.338 e. The molecule has 8 saturated carbocycles. The standard InChI is InChI=1S/C37H58O3.C30H54O2.2CH4/c1-25(12-11-15-32(34(2,3)4)40-33(38)26-13-9-8-10-14-26)29-18-19-30-28-17-16-27-24-35(5,39)22-23-36(27,6)31(28)20-21-37(29,30)7;1-20(9-8-10-26(31)27(2,3)4)23-13-14-24-22-12-11-21-19-28(5,32)17-18-29(21,6)25(22)15-16-30(23,24)7;;/h8-10,13-14,25,27-32,39H,11-12,15-24H2,1-7H3;20-26,31-32H,8-19H2,1-7H3;2*1H4/t25-,27+,28+,29-,30+,31+,32+,35+,36+,37-;20-,21+,22+,23-,24+,25+,26+,28+,29+,30-;;/m11../s1. The summed E-state index contributed by atoms with van der Waals surface area (Å²) in [4.78, 5) is 12.8. The third kappa shape index (κ3) is 12.3. The molecule has 0 aromatic heterocycles. The zero-order chi connectivity index (χ0) is 52.5. The fraction of sp³-hybridized carbons (Fsp3) is 0.899. The Morgan fingerprint density at radius 1 is 0.541 bits per heavy atom. The number of carbonyl (C=O) groups is 1. The molecule has 74 heavy (non-hydrogen) atoms. The quantitative estimate of drug-likeness (QED) is 0.182. The van der Waals surface area contributed by atoms with Gasteiger partial charge in [-0.3, -0.25) is 0 Å². The Labute approximate surface area is 457 Å². The molecule has 0 saturated heterocycles. The third-order valence-electron chi connectivity index (χ3n) is 24.9. The van der Waals surface area contributed by atoms with Gasteiger partial charge in [-0.25, -0.2) is 4.79 Å². The Balaban J connectivity index is 0.000000240. The van der Waals surface area contributed by atoms with E-state index in [0.717, 1.165) is 104 Å². The van der Waals surface area contributed by atoms with Crippen LogP contribution in [0.5, 0.6) is 0 Å². The first-order valence-corrected chi connectivity index (χ1v) is 30.9. The lowest BCUT2D eigenvalue weighted by Crippen LogP contribution is -2.55. The minimum Gasteiger partial charge on any atom is -0.458 e. The fourth-order valence-corrected chi connectivity index (χ4v) is 20.3. The van der Waals surface area contributed by atoms with Crippen LogP contribution in [0.25, 0.3) is 0 Å². The van der Waals surface area contributed by atoms with Crippen LogP contribution in [0, 0.1) is 104 Å². The van der Waals surface area contributed by atoms with E-state index in [1.165, 1.54) is 109 Å². The number of carbonyl (C=O) groups excluding carboxylic acids is 1. The summed E-state index contributed by atoms with van der Waals surface area (Å²) in [5, 5.41) is 32.0. The molecule has 8 aliphatic rings. The number of ether oxygens (including phenoxy) is 1. The fourth-order valence-electron chi connectivity index (χ4n) is 20.3. The molecule has 0 heterocycles. The van der Waals surface area contributed by atoms with Crippen LogP contribution >= 0.6 is 0 Å². The molecule has 1 aromatic rings. The molecule has 0 radical (unpaired) electrons. The van der Waals surface area contributed by atoms with Crippen molar-refractivity contribution < 1.29 is 24.9 Å². The number of fused-ring (bicyclic) bond motifs is 10. The van der Waals surface area contributed by atoms with Gasteiger partial charge in [0.25, 0.3) is 0 Å². The van der Waals surface area contributed by atoms with Gasteiger partial charge in [-0.2, -0.15) is 0 Å². The number of rotatable bonds is 12. The maximum Gasteiger partial charge on any atom is 0.338 e. The van der Waals surface area contributed by atoms with Crippen molar-refractivity contribution in [3.05, 3.63) is 35.9 Å². The Morgan fingerprint density at radius 2 is 0.959 bits per heavy atom. The number of hydrogen-bond donors (Lipinski definition) is 3. The monoisotopic (exact) mass is 1030 g/mol. The molecule has 0 aliphatic heterocycles. The van der Waals surface area contributed by atoms with E-state index in [1.54, 1.807) is 0 Å². The molecule has 0 amide bonds. The van der Waals surface area contributed by atoms with E-state index in [9.17, 15) is 20.1 Å². The van der Waals surface area contributed by atoms with Crippen LogP contribution in [0.2, 0.25) is 0 Å². The lowest BCUT2D eigenvalue weighted by Gasteiger charge is -2.62. The average Bonchev–Trinajstić information content (AvgIpc) is 3.85. The van der Waals surface area contributed by atoms with Crippen molar-refractivity contribution in [3.8, 4) is 0 Å². The van der Waals surface area contributed by atoms with Crippen LogP contribution < -0.4 is 0 Å². The van der Waals surface area contributed by atoms with Gasteiger partial charge in [0.15, 0.2) is 0 Å². The molecule has 3 N–H and O–H groups in total. The first-order chi connectivity index (χ1) is 33.5. The van der Waals surface area contributed by atoms with Gasteiger partial charge < -0.3 is 20.1 Å². The Morgan fingerprint density at radius 3 is 1.38 bits per heavy atom. The highest BCUT2D eigenvalue weighted by Gasteiger charge is 2.63. The molecular weight excluding hydrogens is 909 g/mol. The zero-order valence-electron chi connectivity index (χ0n) is 49.1. The molecule has 0 bridgehead atoms. The molecule has 8 fully saturated rings. The summed E-state index contributed by atoms with van der Waals surface area (Å²) in [5.41, 5.74) is 1.64. The summed E-state index contributed by atoms with van der Waals surface area (Å²) in [6.07, 6.45) is 29.8. The highest BCUT2D eigenvalue weighted by Crippen LogP contribution is 2.71. The molecule has 20 atom stereocenters. The van der Waals surface area contributed by atoms with Gasteiger partial charge in [-0.15, -0.1) is 0 Å². The third-order valence-corrected chi connectivity index (χ3v) is 24.9. The first kappa shape index (κ1) is 61.8. The average molecular weight is 1030 g/mol. The number of esters is 1. The molecule has 9 rings (SSSR count). The second kappa shape index (κ2) is 23.0. The highest BCUT2D eigenvalue weighted by molar-refractivity contribution is 5.89. The Kier molecular flexibility index (Phi) is 19.2. The predicted octanol–water partition coefficient (Wildman–Crippen LogP) is 18.4. The van der Waals surface area contributed by atoms with Gasteiger partial charge in [-0.05, 0) is 264 Å². The molecule has 1 aromatic carbocycles. The van der Waals surface area contributed by atoms with Crippen LogP contribution in [-0.4, -0.2) is 44.7 Å². The largest absolute Gasteiger partial charge is 0.458 e. The lowest BCUT2D eigenvalue weighted by atomic mass is 9.43. The van der Waals surface area contributed by atoms with Gasteiger partial charge >= 0.3 is 5.97 Å². The van der Waals surface area contributed by atoms with Gasteiger partial charge in [-0.1, -0.05) is 135 Å². The maximum atomic E-state index is 12.8. The lowest BCUT2D eigenvalue weighted by molar-refractivity contribution is -0.148. The second-order valence-electron chi connectivity index (χ2n) is 31.5. The molecule has 5 heteroatoms. The second-order valence-corrected chi connectivity index (χ2v) is 31.5. The van der Waals surface area contributed by atoms with Crippen molar-refractivity contribution in [2.45, 2.75) is 289 Å². The highest BCUT2D eigenvalue weighted by atomic mass is 16.5. The molecule has 0 unspecified atom stereocenters. The van der Waals surface area contributed by atoms with Crippen LogP contribution in [-0.2, 0) is 4.74 Å². The molecule has 426 valence electrons. The molecule has 5 nitrogen and oxygen atoms in total. The summed E-state index contributed by atoms with van der Waals surface area (Å²) < 4.78 is 6.08. The van der Waals surface area contributed by atoms with Crippen molar-refractivity contribution in [1.82, 2.24) is 0 Å².